The Morgan fingerprint density at radius 3 is 2.29 bits per heavy atom. The lowest BCUT2D eigenvalue weighted by atomic mass is 9.95. The second-order valence-electron chi connectivity index (χ2n) is 7.69. The van der Waals surface area contributed by atoms with Crippen LogP contribution in [-0.2, 0) is 20.8 Å². The van der Waals surface area contributed by atoms with Gasteiger partial charge in [-0.25, -0.2) is 0 Å². The van der Waals surface area contributed by atoms with Crippen LogP contribution in [0, 0.1) is 0 Å². The van der Waals surface area contributed by atoms with Crippen molar-refractivity contribution in [2.24, 2.45) is 0 Å². The summed E-state index contributed by atoms with van der Waals surface area (Å²) in [4.78, 5) is 38.7. The van der Waals surface area contributed by atoms with Crippen molar-refractivity contribution in [3.05, 3.63) is 99.5 Å². The molecule has 1 aliphatic rings. The third kappa shape index (κ3) is 4.45. The molecule has 7 nitrogen and oxygen atoms in total. The van der Waals surface area contributed by atoms with Crippen LogP contribution in [-0.4, -0.2) is 35.0 Å². The van der Waals surface area contributed by atoms with Gasteiger partial charge in [0, 0.05) is 15.7 Å². The summed E-state index contributed by atoms with van der Waals surface area (Å²) in [7, 11) is 1.51. The number of anilines is 1. The van der Waals surface area contributed by atoms with Gasteiger partial charge in [-0.3, -0.25) is 19.3 Å². The van der Waals surface area contributed by atoms with Gasteiger partial charge in [-0.1, -0.05) is 52.3 Å². The Balaban J connectivity index is 1.88. The number of hydrogen-bond donors (Lipinski definition) is 2. The summed E-state index contributed by atoms with van der Waals surface area (Å²) < 4.78 is 6.13. The maximum absolute atomic E-state index is 13.2. The Morgan fingerprint density at radius 1 is 1.00 bits per heavy atom. The Morgan fingerprint density at radius 2 is 1.68 bits per heavy atom. The Hall–Kier alpha value is -3.91. The van der Waals surface area contributed by atoms with E-state index in [1.165, 1.54) is 12.0 Å². The van der Waals surface area contributed by atoms with Crippen molar-refractivity contribution < 1.29 is 29.3 Å². The number of Topliss-reactive ketones (excluding diaryl/α,β-unsaturated/α-hetero) is 1. The summed E-state index contributed by atoms with van der Waals surface area (Å²) >= 11 is 3.35. The molecule has 172 valence electrons. The number of nitrogens with zero attached hydrogens (tertiary/aromatic N) is 1. The molecular weight excluding hydrogens is 502 g/mol. The van der Waals surface area contributed by atoms with Gasteiger partial charge >= 0.3 is 5.97 Å². The zero-order valence-corrected chi connectivity index (χ0v) is 19.7. The lowest BCUT2D eigenvalue weighted by Gasteiger charge is -2.26. The minimum absolute atomic E-state index is 0.0461. The maximum atomic E-state index is 13.2. The van der Waals surface area contributed by atoms with Gasteiger partial charge in [0.05, 0.1) is 25.1 Å². The van der Waals surface area contributed by atoms with E-state index in [9.17, 15) is 19.5 Å². The van der Waals surface area contributed by atoms with Crippen LogP contribution in [0.4, 0.5) is 5.69 Å². The first-order valence-corrected chi connectivity index (χ1v) is 11.1. The number of halogens is 1. The minimum Gasteiger partial charge on any atom is -0.507 e. The quantitative estimate of drug-likeness (QED) is 0.276. The number of aliphatic hydroxyl groups excluding tert-OH is 1. The number of benzene rings is 3. The summed E-state index contributed by atoms with van der Waals surface area (Å²) in [5.41, 5.74) is 1.88. The number of methoxy groups -OCH3 is 1. The molecule has 1 fully saturated rings. The average Bonchev–Trinajstić information content (AvgIpc) is 3.10. The lowest BCUT2D eigenvalue weighted by molar-refractivity contribution is -0.136. The van der Waals surface area contributed by atoms with Crippen LogP contribution in [0.2, 0.25) is 0 Å². The second-order valence-corrected chi connectivity index (χ2v) is 8.61. The number of carboxylic acid groups (broad SMARTS) is 1. The minimum atomic E-state index is -0.973. The average molecular weight is 522 g/mol. The summed E-state index contributed by atoms with van der Waals surface area (Å²) in [5.74, 6) is -2.34. The number of carbonyl (C=O) groups is 3. The highest BCUT2D eigenvalue weighted by Crippen LogP contribution is 2.43. The Kier molecular flexibility index (Phi) is 6.51. The molecule has 1 aliphatic heterocycles. The molecule has 0 aromatic heterocycles. The molecule has 1 saturated heterocycles. The van der Waals surface area contributed by atoms with E-state index in [1.807, 2.05) is 0 Å². The van der Waals surface area contributed by atoms with Crippen molar-refractivity contribution in [3.63, 3.8) is 0 Å². The molecule has 1 atom stereocenters. The highest BCUT2D eigenvalue weighted by atomic mass is 79.9. The molecule has 2 N–H and O–H groups in total. The SMILES string of the molecule is COc1cccc(C2/C(=C(/O)c3ccc(Br)cc3)C(=O)C(=O)N2c2ccc(CC(=O)O)cc2)c1. The monoisotopic (exact) mass is 521 g/mol. The molecule has 0 saturated carbocycles. The van der Waals surface area contributed by atoms with E-state index in [0.29, 0.717) is 28.1 Å². The molecule has 0 radical (unpaired) electrons. The van der Waals surface area contributed by atoms with Crippen molar-refractivity contribution in [2.75, 3.05) is 12.0 Å². The summed E-state index contributed by atoms with van der Waals surface area (Å²) in [5, 5.41) is 20.2. The predicted molar refractivity (Wildman–Crippen MR) is 130 cm³/mol. The van der Waals surface area contributed by atoms with Gasteiger partial charge in [-0.15, -0.1) is 0 Å². The van der Waals surface area contributed by atoms with Gasteiger partial charge in [0.25, 0.3) is 11.7 Å². The van der Waals surface area contributed by atoms with E-state index in [4.69, 9.17) is 9.84 Å². The molecule has 34 heavy (non-hydrogen) atoms. The first-order chi connectivity index (χ1) is 16.3. The number of rotatable bonds is 6. The number of ketones is 1. The molecule has 3 aromatic rings. The number of carbonyl (C=O) groups excluding carboxylic acids is 2. The number of carboxylic acids is 1. The topological polar surface area (TPSA) is 104 Å². The number of aliphatic carboxylic acids is 1. The van der Waals surface area contributed by atoms with Crippen LogP contribution < -0.4 is 9.64 Å². The van der Waals surface area contributed by atoms with Crippen LogP contribution in [0.25, 0.3) is 5.76 Å². The highest BCUT2D eigenvalue weighted by molar-refractivity contribution is 9.10. The summed E-state index contributed by atoms with van der Waals surface area (Å²) in [6, 6.07) is 19.2. The third-order valence-electron chi connectivity index (χ3n) is 5.54. The van der Waals surface area contributed by atoms with Crippen molar-refractivity contribution >= 4 is 45.0 Å². The molecule has 1 unspecified atom stereocenters. The fourth-order valence-corrected chi connectivity index (χ4v) is 4.20. The zero-order chi connectivity index (χ0) is 24.4. The van der Waals surface area contributed by atoms with Gasteiger partial charge < -0.3 is 14.9 Å². The van der Waals surface area contributed by atoms with Gasteiger partial charge in [-0.2, -0.15) is 0 Å². The van der Waals surface area contributed by atoms with E-state index in [2.05, 4.69) is 15.9 Å². The van der Waals surface area contributed by atoms with Gasteiger partial charge in [-0.05, 0) is 47.5 Å². The van der Waals surface area contributed by atoms with Crippen LogP contribution in [0.3, 0.4) is 0 Å². The molecule has 3 aromatic carbocycles. The first-order valence-electron chi connectivity index (χ1n) is 10.3. The zero-order valence-electron chi connectivity index (χ0n) is 18.1. The van der Waals surface area contributed by atoms with Crippen molar-refractivity contribution in [2.45, 2.75) is 12.5 Å². The van der Waals surface area contributed by atoms with Gasteiger partial charge in [0.15, 0.2) is 0 Å². The normalized spacial score (nSPS) is 17.1. The van der Waals surface area contributed by atoms with Crippen molar-refractivity contribution in [1.82, 2.24) is 0 Å². The maximum Gasteiger partial charge on any atom is 0.307 e. The van der Waals surface area contributed by atoms with Crippen LogP contribution in [0.15, 0.2) is 82.8 Å². The van der Waals surface area contributed by atoms with Gasteiger partial charge in [0.1, 0.15) is 11.5 Å². The largest absolute Gasteiger partial charge is 0.507 e. The van der Waals surface area contributed by atoms with E-state index < -0.39 is 23.7 Å². The molecule has 8 heteroatoms. The number of aliphatic hydroxyl groups is 1. The standard InChI is InChI=1S/C26H20BrNO6/c1-34-20-4-2-3-17(14-20)23-22(24(31)16-7-9-18(27)10-8-16)25(32)26(33)28(23)19-11-5-15(6-12-19)13-21(29)30/h2-12,14,23,31H,13H2,1H3,(H,29,30)/b24-22-. The van der Waals surface area contributed by atoms with E-state index in [0.717, 1.165) is 4.47 Å². The molecule has 0 bridgehead atoms. The Labute approximate surface area is 204 Å². The van der Waals surface area contributed by atoms with Crippen LogP contribution >= 0.6 is 15.9 Å². The first kappa shape index (κ1) is 23.3. The van der Waals surface area contributed by atoms with Crippen molar-refractivity contribution in [1.29, 1.82) is 0 Å². The molecule has 0 spiro atoms. The predicted octanol–water partition coefficient (Wildman–Crippen LogP) is 4.71. The number of ether oxygens (including phenoxy) is 1. The second kappa shape index (κ2) is 9.52. The molecule has 4 rings (SSSR count). The highest BCUT2D eigenvalue weighted by Gasteiger charge is 2.47. The van der Waals surface area contributed by atoms with E-state index in [1.54, 1.807) is 72.8 Å². The molecular formula is C26H20BrNO6. The molecule has 1 heterocycles. The van der Waals surface area contributed by atoms with E-state index in [-0.39, 0.29) is 17.8 Å². The van der Waals surface area contributed by atoms with E-state index >= 15 is 0 Å². The lowest BCUT2D eigenvalue weighted by Crippen LogP contribution is -2.29. The summed E-state index contributed by atoms with van der Waals surface area (Å²) in [6.07, 6.45) is -0.165. The third-order valence-corrected chi connectivity index (χ3v) is 6.07. The number of hydrogen-bond acceptors (Lipinski definition) is 5. The van der Waals surface area contributed by atoms with Gasteiger partial charge in [0.2, 0.25) is 0 Å². The number of amides is 1. The smallest absolute Gasteiger partial charge is 0.307 e. The summed E-state index contributed by atoms with van der Waals surface area (Å²) in [6.45, 7) is 0. The van der Waals surface area contributed by atoms with Crippen molar-refractivity contribution in [3.8, 4) is 5.75 Å². The molecule has 0 aliphatic carbocycles. The van der Waals surface area contributed by atoms with Crippen LogP contribution in [0.5, 0.6) is 5.75 Å². The molecule has 1 amide bonds. The fraction of sp³-hybridized carbons (Fsp3) is 0.115. The Bertz CT molecular complexity index is 1300. The van der Waals surface area contributed by atoms with Crippen LogP contribution in [0.1, 0.15) is 22.7 Å². The fourth-order valence-electron chi connectivity index (χ4n) is 3.94.